The second-order valence-electron chi connectivity index (χ2n) is 16.0. The maximum atomic E-state index is 16.5. The fourth-order valence-electron chi connectivity index (χ4n) is 8.44. The number of pyridine rings is 1. The molecule has 2 aromatic carbocycles. The average Bonchev–Trinajstić information content (AvgIpc) is 3.97. The smallest absolute Gasteiger partial charge is 0.355 e. The number of H-pyrrole nitrogens is 1. The van der Waals surface area contributed by atoms with Gasteiger partial charge >= 0.3 is 13.5 Å². The van der Waals surface area contributed by atoms with Crippen molar-refractivity contribution in [1.82, 2.24) is 25.2 Å². The molecule has 2 aromatic heterocycles. The van der Waals surface area contributed by atoms with Gasteiger partial charge in [-0.2, -0.15) is 5.26 Å². The number of nitriles is 1. The lowest BCUT2D eigenvalue weighted by Crippen LogP contribution is -2.56. The molecule has 7 rings (SSSR count). The van der Waals surface area contributed by atoms with Crippen molar-refractivity contribution in [2.45, 2.75) is 101 Å². The molecule has 60 heavy (non-hydrogen) atoms. The molecule has 3 amide bonds. The van der Waals surface area contributed by atoms with Crippen LogP contribution < -0.4 is 20.5 Å². The quantitative estimate of drug-likeness (QED) is 0.104. The number of carbonyl (C=O) groups is 4. The summed E-state index contributed by atoms with van der Waals surface area (Å²) in [4.78, 5) is 73.2. The highest BCUT2D eigenvalue weighted by molar-refractivity contribution is 7.57. The lowest BCUT2D eigenvalue weighted by molar-refractivity contribution is -0.149. The molecule has 17 heteroatoms. The monoisotopic (exact) mass is 858 g/mol. The molecule has 0 aliphatic carbocycles. The van der Waals surface area contributed by atoms with E-state index in [0.29, 0.717) is 41.3 Å². The SMILES string of the molecule is CC(C)OC(=O)[C@H](C)NP(=O)(Oc1ccccc1)C(F)c1ccc2sc(C(=O)N[C@H]3CCCC[C@H]4CC[C@@H](C(=O)N5C[C@H](c6cc[nH]c(=O)c6)[C@@H](C#N)C5)N4C3=O)cc2c1. The number of nitrogens with one attached hydrogen (secondary N) is 3. The normalized spacial score (nSPS) is 23.8. The first-order chi connectivity index (χ1) is 28.7. The van der Waals surface area contributed by atoms with Gasteiger partial charge in [0.25, 0.3) is 5.91 Å². The number of likely N-dealkylation sites (tertiary alicyclic amines) is 1. The molecule has 0 radical (unpaired) electrons. The Morgan fingerprint density at radius 2 is 1.75 bits per heavy atom. The number of ether oxygens (including phenoxy) is 1. The van der Waals surface area contributed by atoms with Crippen LogP contribution in [0.1, 0.15) is 91.9 Å². The Labute approximate surface area is 350 Å². The molecule has 3 N–H and O–H groups in total. The molecule has 0 spiro atoms. The first-order valence-corrected chi connectivity index (χ1v) is 22.8. The van der Waals surface area contributed by atoms with Crippen LogP contribution in [0.3, 0.4) is 0 Å². The molecule has 5 heterocycles. The van der Waals surface area contributed by atoms with Crippen LogP contribution in [-0.2, 0) is 23.7 Å². The van der Waals surface area contributed by atoms with Gasteiger partial charge in [0, 0.05) is 42.0 Å². The largest absolute Gasteiger partial charge is 0.462 e. The predicted octanol–water partition coefficient (Wildman–Crippen LogP) is 6.56. The first-order valence-electron chi connectivity index (χ1n) is 20.2. The van der Waals surface area contributed by atoms with Gasteiger partial charge < -0.3 is 29.4 Å². The number of esters is 1. The molecule has 4 aromatic rings. The van der Waals surface area contributed by atoms with Crippen LogP contribution in [0.15, 0.2) is 77.7 Å². The van der Waals surface area contributed by atoms with Crippen molar-refractivity contribution >= 4 is 52.6 Å². The van der Waals surface area contributed by atoms with Crippen LogP contribution in [0.2, 0.25) is 0 Å². The second-order valence-corrected chi connectivity index (χ2v) is 19.1. The summed E-state index contributed by atoms with van der Waals surface area (Å²) in [5.74, 6) is -4.72. The predicted molar refractivity (Wildman–Crippen MR) is 223 cm³/mol. The molecular weight excluding hydrogens is 811 g/mol. The summed E-state index contributed by atoms with van der Waals surface area (Å²) in [6, 6.07) is 16.7. The Bertz CT molecular complexity index is 2400. The summed E-state index contributed by atoms with van der Waals surface area (Å²) in [5, 5.41) is 15.9. The summed E-state index contributed by atoms with van der Waals surface area (Å²) < 4.78 is 42.5. The van der Waals surface area contributed by atoms with E-state index in [-0.39, 0.29) is 58.6 Å². The number of alkyl halides is 1. The van der Waals surface area contributed by atoms with Crippen LogP contribution in [0.25, 0.3) is 10.1 Å². The Morgan fingerprint density at radius 3 is 2.48 bits per heavy atom. The summed E-state index contributed by atoms with van der Waals surface area (Å²) in [7, 11) is -4.48. The van der Waals surface area contributed by atoms with Crippen LogP contribution in [0.4, 0.5) is 4.39 Å². The number of carbonyl (C=O) groups excluding carboxylic acids is 4. The highest BCUT2D eigenvalue weighted by atomic mass is 32.1. The van der Waals surface area contributed by atoms with E-state index in [1.54, 1.807) is 60.0 Å². The zero-order valence-electron chi connectivity index (χ0n) is 33.5. The lowest BCUT2D eigenvalue weighted by atomic mass is 9.91. The Morgan fingerprint density at radius 1 is 0.983 bits per heavy atom. The number of halogens is 1. The van der Waals surface area contributed by atoms with Crippen molar-refractivity contribution in [3.05, 3.63) is 99.3 Å². The van der Waals surface area contributed by atoms with Crippen LogP contribution in [-0.4, -0.2) is 81.8 Å². The van der Waals surface area contributed by atoms with Crippen LogP contribution >= 0.6 is 18.9 Å². The zero-order chi connectivity index (χ0) is 42.7. The third kappa shape index (κ3) is 9.18. The topological polar surface area (TPSA) is 191 Å². The molecule has 8 atom stereocenters. The standard InChI is InChI=1S/C43H48FN6O8PS/c1-25(2)57-43(55)26(3)48-59(56,58-32-10-5-4-6-11-32)39(44)28-13-16-36-29(19-28)20-37(60-36)40(52)47-34-12-8-7-9-31-14-15-35(50(31)41(34)53)42(54)49-23-30(22-45)33(24-49)27-17-18-46-38(51)21-27/h4-6,10-11,13,16-21,25-26,30-31,33-35,39H,7-9,12,14-15,23-24H2,1-3H3,(H,46,51)(H,47,52)(H,48,56)/t26-,30-,31-,33+,34-,35-,39?,59?/m0/s1. The minimum atomic E-state index is -4.48. The number of rotatable bonds is 12. The van der Waals surface area contributed by atoms with E-state index >= 15 is 4.39 Å². The number of hydrogen-bond donors (Lipinski definition) is 3. The molecular formula is C43H48FN6O8PS. The summed E-state index contributed by atoms with van der Waals surface area (Å²) in [6.07, 6.45) is 4.82. The van der Waals surface area contributed by atoms with Crippen molar-refractivity contribution in [2.24, 2.45) is 5.92 Å². The summed E-state index contributed by atoms with van der Waals surface area (Å²) >= 11 is 1.15. The van der Waals surface area contributed by atoms with E-state index in [1.807, 2.05) is 0 Å². The van der Waals surface area contributed by atoms with Crippen molar-refractivity contribution in [3.63, 3.8) is 0 Å². The average molecular weight is 859 g/mol. The third-order valence-corrected chi connectivity index (χ3v) is 14.6. The van der Waals surface area contributed by atoms with Gasteiger partial charge in [-0.25, -0.2) is 9.48 Å². The third-order valence-electron chi connectivity index (χ3n) is 11.4. The van der Waals surface area contributed by atoms with Crippen molar-refractivity contribution in [1.29, 1.82) is 5.26 Å². The molecule has 3 aliphatic heterocycles. The minimum absolute atomic E-state index is 0.00253. The minimum Gasteiger partial charge on any atom is -0.462 e. The second kappa shape index (κ2) is 18.1. The molecule has 3 aliphatic rings. The van der Waals surface area contributed by atoms with Gasteiger partial charge in [-0.15, -0.1) is 11.3 Å². The number of fused-ring (bicyclic) bond motifs is 2. The zero-order valence-corrected chi connectivity index (χ0v) is 35.3. The highest BCUT2D eigenvalue weighted by Gasteiger charge is 2.48. The van der Waals surface area contributed by atoms with Gasteiger partial charge in [0.15, 0.2) is 0 Å². The molecule has 0 saturated carbocycles. The Kier molecular flexibility index (Phi) is 12.9. The van der Waals surface area contributed by atoms with E-state index in [4.69, 9.17) is 9.26 Å². The number of thiophene rings is 1. The van der Waals surface area contributed by atoms with Gasteiger partial charge in [-0.3, -0.25) is 28.5 Å². The summed E-state index contributed by atoms with van der Waals surface area (Å²) in [5.41, 5.74) is 0.391. The summed E-state index contributed by atoms with van der Waals surface area (Å²) in [6.45, 7) is 5.19. The molecule has 3 saturated heterocycles. The van der Waals surface area contributed by atoms with E-state index in [0.717, 1.165) is 24.2 Å². The van der Waals surface area contributed by atoms with Gasteiger partial charge in [0.05, 0.1) is 23.0 Å². The molecule has 0 bridgehead atoms. The van der Waals surface area contributed by atoms with Gasteiger partial charge in [0.1, 0.15) is 23.9 Å². The number of benzene rings is 2. The van der Waals surface area contributed by atoms with Crippen molar-refractivity contribution < 1.29 is 37.4 Å². The molecule has 14 nitrogen and oxygen atoms in total. The highest BCUT2D eigenvalue weighted by Crippen LogP contribution is 2.58. The lowest BCUT2D eigenvalue weighted by Gasteiger charge is -2.36. The van der Waals surface area contributed by atoms with E-state index < -0.39 is 55.5 Å². The number of aromatic amines is 1. The number of nitrogens with zero attached hydrogens (tertiary/aromatic N) is 3. The van der Waals surface area contributed by atoms with Crippen molar-refractivity contribution in [2.75, 3.05) is 13.1 Å². The molecule has 3 fully saturated rings. The fourth-order valence-corrected chi connectivity index (χ4v) is 11.3. The maximum Gasteiger partial charge on any atom is 0.355 e. The maximum absolute atomic E-state index is 16.5. The number of aromatic nitrogens is 1. The van der Waals surface area contributed by atoms with Gasteiger partial charge in [0.2, 0.25) is 23.3 Å². The Balaban J connectivity index is 1.07. The fraction of sp³-hybridized carbons (Fsp3) is 0.442. The number of hydrogen-bond acceptors (Lipinski definition) is 10. The number of para-hydroxylation sites is 1. The first kappa shape index (κ1) is 42.8. The van der Waals surface area contributed by atoms with E-state index in [9.17, 15) is 33.8 Å². The van der Waals surface area contributed by atoms with Gasteiger partial charge in [-0.05, 0) is 99.4 Å². The van der Waals surface area contributed by atoms with Crippen LogP contribution in [0.5, 0.6) is 5.75 Å². The van der Waals surface area contributed by atoms with E-state index in [2.05, 4.69) is 21.5 Å². The van der Waals surface area contributed by atoms with Crippen LogP contribution in [0, 0.1) is 17.2 Å². The molecule has 2 unspecified atom stereocenters. The molecule has 316 valence electrons. The van der Waals surface area contributed by atoms with E-state index in [1.165, 1.54) is 43.5 Å². The number of amides is 3. The van der Waals surface area contributed by atoms with Gasteiger partial charge in [-0.1, -0.05) is 37.1 Å². The Hall–Kier alpha value is -5.36. The van der Waals surface area contributed by atoms with Crippen molar-refractivity contribution in [3.8, 4) is 11.8 Å².